The topological polar surface area (TPSA) is 77.7 Å². The van der Waals surface area contributed by atoms with Gasteiger partial charge in [-0.3, -0.25) is 4.79 Å². The van der Waals surface area contributed by atoms with Gasteiger partial charge in [0.25, 0.3) is 0 Å². The van der Waals surface area contributed by atoms with Gasteiger partial charge in [-0.05, 0) is 18.6 Å². The molecule has 6 heteroatoms. The average Bonchev–Trinajstić information content (AvgIpc) is 2.39. The van der Waals surface area contributed by atoms with Gasteiger partial charge < -0.3 is 20.1 Å². The van der Waals surface area contributed by atoms with Crippen molar-refractivity contribution in [1.29, 1.82) is 0 Å². The molecule has 0 atom stereocenters. The third-order valence-corrected chi connectivity index (χ3v) is 2.71. The number of nitrogen functional groups attached to an aromatic ring is 1. The third kappa shape index (κ3) is 4.75. The van der Waals surface area contributed by atoms with Gasteiger partial charge in [-0.25, -0.2) is 4.98 Å². The molecule has 0 amide bonds. The summed E-state index contributed by atoms with van der Waals surface area (Å²) in [6.45, 7) is 3.58. The number of hydrogen-bond donors (Lipinski definition) is 1. The average molecular weight is 267 g/mol. The van der Waals surface area contributed by atoms with Crippen molar-refractivity contribution >= 4 is 17.5 Å². The monoisotopic (exact) mass is 267 g/mol. The quantitative estimate of drug-likeness (QED) is 0.742. The number of esters is 1. The van der Waals surface area contributed by atoms with Crippen LogP contribution in [0.25, 0.3) is 0 Å². The molecule has 0 radical (unpaired) electrons. The first-order chi connectivity index (χ1) is 9.08. The Morgan fingerprint density at radius 3 is 2.74 bits per heavy atom. The summed E-state index contributed by atoms with van der Waals surface area (Å²) in [6, 6.07) is 1.86. The van der Waals surface area contributed by atoms with Crippen molar-refractivity contribution in [3.05, 3.63) is 17.8 Å². The minimum Gasteiger partial charge on any atom is -0.469 e. The van der Waals surface area contributed by atoms with E-state index in [4.69, 9.17) is 10.5 Å². The van der Waals surface area contributed by atoms with Gasteiger partial charge in [-0.1, -0.05) is 0 Å². The first-order valence-electron chi connectivity index (χ1n) is 6.11. The van der Waals surface area contributed by atoms with E-state index in [-0.39, 0.29) is 12.4 Å². The number of aryl methyl sites for hydroxylation is 1. The van der Waals surface area contributed by atoms with Crippen molar-refractivity contribution in [1.82, 2.24) is 4.98 Å². The van der Waals surface area contributed by atoms with Gasteiger partial charge in [-0.2, -0.15) is 0 Å². The standard InChI is InChI=1S/C13H21N3O3/c1-10-8-11(14)13(15-9-10)16(6-7-18-2)5-4-12(17)19-3/h8-9H,4-7,14H2,1-3H3. The van der Waals surface area contributed by atoms with E-state index in [1.165, 1.54) is 7.11 Å². The predicted molar refractivity (Wildman–Crippen MR) is 74.1 cm³/mol. The molecule has 0 aromatic carbocycles. The molecular weight excluding hydrogens is 246 g/mol. The Balaban J connectivity index is 2.79. The first-order valence-corrected chi connectivity index (χ1v) is 6.11. The number of aromatic nitrogens is 1. The Hall–Kier alpha value is -1.82. The minimum absolute atomic E-state index is 0.256. The van der Waals surface area contributed by atoms with Crippen molar-refractivity contribution in [3.8, 4) is 0 Å². The van der Waals surface area contributed by atoms with Crippen molar-refractivity contribution in [3.63, 3.8) is 0 Å². The van der Waals surface area contributed by atoms with Gasteiger partial charge in [0.2, 0.25) is 0 Å². The largest absolute Gasteiger partial charge is 0.469 e. The lowest BCUT2D eigenvalue weighted by Gasteiger charge is -2.24. The molecule has 106 valence electrons. The molecule has 0 saturated carbocycles. The van der Waals surface area contributed by atoms with E-state index in [9.17, 15) is 4.79 Å². The Kier molecular flexibility index (Phi) is 6.08. The van der Waals surface area contributed by atoms with Gasteiger partial charge in [0, 0.05) is 26.4 Å². The maximum Gasteiger partial charge on any atom is 0.307 e. The molecular formula is C13H21N3O3. The smallest absolute Gasteiger partial charge is 0.307 e. The number of nitrogens with zero attached hydrogens (tertiary/aromatic N) is 2. The van der Waals surface area contributed by atoms with E-state index in [1.54, 1.807) is 13.3 Å². The fraction of sp³-hybridized carbons (Fsp3) is 0.538. The van der Waals surface area contributed by atoms with Crippen LogP contribution in [0.4, 0.5) is 11.5 Å². The summed E-state index contributed by atoms with van der Waals surface area (Å²) in [6.07, 6.45) is 2.04. The zero-order chi connectivity index (χ0) is 14.3. The number of ether oxygens (including phenoxy) is 2. The zero-order valence-electron chi connectivity index (χ0n) is 11.7. The highest BCUT2D eigenvalue weighted by Gasteiger charge is 2.13. The van der Waals surface area contributed by atoms with Crippen LogP contribution in [0.15, 0.2) is 12.3 Å². The van der Waals surface area contributed by atoms with Crippen LogP contribution in [-0.2, 0) is 14.3 Å². The summed E-state index contributed by atoms with van der Waals surface area (Å²) < 4.78 is 9.71. The second kappa shape index (κ2) is 7.58. The Morgan fingerprint density at radius 1 is 1.42 bits per heavy atom. The second-order valence-electron chi connectivity index (χ2n) is 4.23. The van der Waals surface area contributed by atoms with Gasteiger partial charge in [0.1, 0.15) is 0 Å². The highest BCUT2D eigenvalue weighted by atomic mass is 16.5. The molecule has 0 saturated heterocycles. The molecule has 0 spiro atoms. The molecule has 0 unspecified atom stereocenters. The summed E-state index contributed by atoms with van der Waals surface area (Å²) in [5.41, 5.74) is 7.57. The van der Waals surface area contributed by atoms with Crippen LogP contribution in [0, 0.1) is 6.92 Å². The number of nitrogens with two attached hydrogens (primary N) is 1. The molecule has 1 heterocycles. The van der Waals surface area contributed by atoms with Crippen LogP contribution in [0.1, 0.15) is 12.0 Å². The summed E-state index contributed by atoms with van der Waals surface area (Å²) >= 11 is 0. The van der Waals surface area contributed by atoms with Crippen LogP contribution >= 0.6 is 0 Å². The van der Waals surface area contributed by atoms with Gasteiger partial charge in [-0.15, -0.1) is 0 Å². The number of rotatable bonds is 7. The molecule has 0 aliphatic rings. The fourth-order valence-corrected chi connectivity index (χ4v) is 1.70. The van der Waals surface area contributed by atoms with Crippen LogP contribution in [0.3, 0.4) is 0 Å². The van der Waals surface area contributed by atoms with E-state index in [0.29, 0.717) is 31.2 Å². The van der Waals surface area contributed by atoms with E-state index in [0.717, 1.165) is 5.56 Å². The lowest BCUT2D eigenvalue weighted by molar-refractivity contribution is -0.140. The molecule has 0 aliphatic heterocycles. The molecule has 2 N–H and O–H groups in total. The summed E-state index contributed by atoms with van der Waals surface area (Å²) in [5.74, 6) is 0.416. The third-order valence-electron chi connectivity index (χ3n) is 2.71. The first kappa shape index (κ1) is 15.2. The molecule has 0 bridgehead atoms. The second-order valence-corrected chi connectivity index (χ2v) is 4.23. The van der Waals surface area contributed by atoms with Crippen molar-refractivity contribution in [2.45, 2.75) is 13.3 Å². The van der Waals surface area contributed by atoms with Gasteiger partial charge in [0.15, 0.2) is 5.82 Å². The molecule has 19 heavy (non-hydrogen) atoms. The van der Waals surface area contributed by atoms with Crippen molar-refractivity contribution < 1.29 is 14.3 Å². The molecule has 1 aromatic rings. The Bertz CT molecular complexity index is 424. The maximum absolute atomic E-state index is 11.2. The fourth-order valence-electron chi connectivity index (χ4n) is 1.70. The van der Waals surface area contributed by atoms with E-state index in [2.05, 4.69) is 9.72 Å². The maximum atomic E-state index is 11.2. The number of hydrogen-bond acceptors (Lipinski definition) is 6. The molecule has 1 aromatic heterocycles. The molecule has 1 rings (SSSR count). The highest BCUT2D eigenvalue weighted by molar-refractivity contribution is 5.70. The van der Waals surface area contributed by atoms with Crippen LogP contribution in [0.5, 0.6) is 0 Å². The Labute approximate surface area is 113 Å². The normalized spacial score (nSPS) is 10.3. The van der Waals surface area contributed by atoms with Crippen LogP contribution in [0.2, 0.25) is 0 Å². The van der Waals surface area contributed by atoms with Gasteiger partial charge in [0.05, 0.1) is 25.8 Å². The predicted octanol–water partition coefficient (Wildman–Crippen LogP) is 0.988. The highest BCUT2D eigenvalue weighted by Crippen LogP contribution is 2.21. The Morgan fingerprint density at radius 2 is 2.16 bits per heavy atom. The van der Waals surface area contributed by atoms with Crippen LogP contribution in [-0.4, -0.2) is 44.9 Å². The number of pyridine rings is 1. The van der Waals surface area contributed by atoms with E-state index >= 15 is 0 Å². The number of methoxy groups -OCH3 is 2. The zero-order valence-corrected chi connectivity index (χ0v) is 11.7. The summed E-state index contributed by atoms with van der Waals surface area (Å²) in [4.78, 5) is 17.5. The summed E-state index contributed by atoms with van der Waals surface area (Å²) in [5, 5.41) is 0. The molecule has 0 fully saturated rings. The summed E-state index contributed by atoms with van der Waals surface area (Å²) in [7, 11) is 3.00. The SMILES string of the molecule is COCCN(CCC(=O)OC)c1ncc(C)cc1N. The minimum atomic E-state index is -0.256. The van der Waals surface area contributed by atoms with E-state index in [1.807, 2.05) is 17.9 Å². The molecule has 0 aliphatic carbocycles. The van der Waals surface area contributed by atoms with Crippen molar-refractivity contribution in [2.24, 2.45) is 0 Å². The lowest BCUT2D eigenvalue weighted by atomic mass is 10.2. The molecule has 6 nitrogen and oxygen atoms in total. The van der Waals surface area contributed by atoms with Crippen molar-refractivity contribution in [2.75, 3.05) is 44.5 Å². The van der Waals surface area contributed by atoms with Crippen LogP contribution < -0.4 is 10.6 Å². The number of carbonyl (C=O) groups is 1. The van der Waals surface area contributed by atoms with Gasteiger partial charge >= 0.3 is 5.97 Å². The lowest BCUT2D eigenvalue weighted by Crippen LogP contribution is -2.31. The number of carbonyl (C=O) groups excluding carboxylic acids is 1. The van der Waals surface area contributed by atoms with E-state index < -0.39 is 0 Å². The number of anilines is 2.